The molecule has 2 aromatic rings. The van der Waals surface area contributed by atoms with Crippen LogP contribution in [0.1, 0.15) is 11.4 Å². The molecule has 1 aromatic heterocycles. The van der Waals surface area contributed by atoms with Crippen molar-refractivity contribution in [2.75, 3.05) is 13.2 Å². The van der Waals surface area contributed by atoms with Gasteiger partial charge in [-0.2, -0.15) is 0 Å². The van der Waals surface area contributed by atoms with Crippen molar-refractivity contribution in [2.24, 2.45) is 5.92 Å². The van der Waals surface area contributed by atoms with Gasteiger partial charge in [-0.15, -0.1) is 11.3 Å². The molecule has 1 aliphatic rings. The summed E-state index contributed by atoms with van der Waals surface area (Å²) >= 11 is 5.59. The normalized spacial score (nSPS) is 22.1. The molecule has 0 bridgehead atoms. The van der Waals surface area contributed by atoms with Gasteiger partial charge in [-0.05, 0) is 24.5 Å². The predicted molar refractivity (Wildman–Crippen MR) is 75.0 cm³/mol. The lowest BCUT2D eigenvalue weighted by atomic mass is 10.0. The highest BCUT2D eigenvalue weighted by Crippen LogP contribution is 2.29. The number of ether oxygens (including phenoxy) is 1. The number of thiazole rings is 1. The van der Waals surface area contributed by atoms with Crippen molar-refractivity contribution in [2.45, 2.75) is 17.7 Å². The van der Waals surface area contributed by atoms with Gasteiger partial charge in [0.2, 0.25) is 0 Å². The van der Waals surface area contributed by atoms with Gasteiger partial charge in [0.05, 0.1) is 21.8 Å². The maximum Gasteiger partial charge on any atom is 0.0949 e. The summed E-state index contributed by atoms with van der Waals surface area (Å²) in [6.45, 7) is 1.80. The van der Waals surface area contributed by atoms with Crippen LogP contribution in [0.3, 0.4) is 0 Å². The molecule has 1 fully saturated rings. The van der Waals surface area contributed by atoms with E-state index in [9.17, 15) is 0 Å². The van der Waals surface area contributed by atoms with Gasteiger partial charge < -0.3 is 4.74 Å². The van der Waals surface area contributed by atoms with E-state index in [4.69, 9.17) is 4.74 Å². The Morgan fingerprint density at radius 3 is 3.12 bits per heavy atom. The topological polar surface area (TPSA) is 22.1 Å². The van der Waals surface area contributed by atoms with Crippen LogP contribution in [-0.2, 0) is 11.2 Å². The summed E-state index contributed by atoms with van der Waals surface area (Å²) in [5, 5.41) is 1.22. The average molecular weight is 312 g/mol. The molecule has 2 heterocycles. The van der Waals surface area contributed by atoms with Gasteiger partial charge in [0.1, 0.15) is 0 Å². The van der Waals surface area contributed by atoms with Crippen LogP contribution in [0.15, 0.2) is 24.3 Å². The fraction of sp³-hybridized carbons (Fsp3) is 0.462. The second kappa shape index (κ2) is 5.04. The minimum absolute atomic E-state index is 0.491. The quantitative estimate of drug-likeness (QED) is 0.807. The first-order chi connectivity index (χ1) is 8.33. The van der Waals surface area contributed by atoms with E-state index >= 15 is 0 Å². The van der Waals surface area contributed by atoms with E-state index in [1.807, 2.05) is 6.07 Å². The highest BCUT2D eigenvalue weighted by molar-refractivity contribution is 9.09. The lowest BCUT2D eigenvalue weighted by Crippen LogP contribution is -2.16. The standard InChI is InChI=1S/C13H14BrNOS/c14-10(9-5-6-16-8-9)7-13-15-11-3-1-2-4-12(11)17-13/h1-4,9-10H,5-8H2. The highest BCUT2D eigenvalue weighted by atomic mass is 79.9. The Kier molecular flexibility index (Phi) is 3.45. The fourth-order valence-corrected chi connectivity index (χ4v) is 4.14. The molecule has 0 aliphatic carbocycles. The molecular formula is C13H14BrNOS. The number of nitrogens with zero attached hydrogens (tertiary/aromatic N) is 1. The Morgan fingerprint density at radius 2 is 2.35 bits per heavy atom. The van der Waals surface area contributed by atoms with Gasteiger partial charge >= 0.3 is 0 Å². The zero-order valence-electron chi connectivity index (χ0n) is 9.43. The summed E-state index contributed by atoms with van der Waals surface area (Å²) in [6, 6.07) is 8.33. The van der Waals surface area contributed by atoms with Gasteiger partial charge in [-0.3, -0.25) is 0 Å². The highest BCUT2D eigenvalue weighted by Gasteiger charge is 2.24. The minimum Gasteiger partial charge on any atom is -0.381 e. The van der Waals surface area contributed by atoms with E-state index in [1.54, 1.807) is 11.3 Å². The summed E-state index contributed by atoms with van der Waals surface area (Å²) in [6.07, 6.45) is 2.17. The third-order valence-electron chi connectivity index (χ3n) is 3.18. The monoisotopic (exact) mass is 311 g/mol. The van der Waals surface area contributed by atoms with Crippen LogP contribution in [0.25, 0.3) is 10.2 Å². The molecule has 0 radical (unpaired) electrons. The predicted octanol–water partition coefficient (Wildman–Crippen LogP) is 3.64. The molecule has 3 rings (SSSR count). The number of rotatable bonds is 3. The third-order valence-corrected chi connectivity index (χ3v) is 5.31. The molecule has 1 saturated heterocycles. The van der Waals surface area contributed by atoms with Gasteiger partial charge in [0, 0.05) is 17.9 Å². The van der Waals surface area contributed by atoms with Crippen molar-refractivity contribution < 1.29 is 4.74 Å². The Bertz CT molecular complexity index is 474. The Hall–Kier alpha value is -0.450. The van der Waals surface area contributed by atoms with Crippen molar-refractivity contribution in [3.05, 3.63) is 29.3 Å². The van der Waals surface area contributed by atoms with E-state index in [1.165, 1.54) is 16.1 Å². The number of para-hydroxylation sites is 1. The molecule has 0 amide bonds. The smallest absolute Gasteiger partial charge is 0.0949 e. The number of alkyl halides is 1. The largest absolute Gasteiger partial charge is 0.381 e. The van der Waals surface area contributed by atoms with Gasteiger partial charge in [0.25, 0.3) is 0 Å². The molecular weight excluding hydrogens is 298 g/mol. The summed E-state index contributed by atoms with van der Waals surface area (Å²) in [4.78, 5) is 5.16. The maximum atomic E-state index is 5.43. The van der Waals surface area contributed by atoms with E-state index in [0.29, 0.717) is 10.7 Å². The molecule has 2 unspecified atom stereocenters. The fourth-order valence-electron chi connectivity index (χ4n) is 2.18. The molecule has 2 nitrogen and oxygen atoms in total. The van der Waals surface area contributed by atoms with Crippen LogP contribution >= 0.6 is 27.3 Å². The summed E-state index contributed by atoms with van der Waals surface area (Å²) < 4.78 is 6.71. The van der Waals surface area contributed by atoms with Crippen molar-refractivity contribution >= 4 is 37.5 Å². The number of benzene rings is 1. The Morgan fingerprint density at radius 1 is 1.47 bits per heavy atom. The summed E-state index contributed by atoms with van der Waals surface area (Å²) in [7, 11) is 0. The number of hydrogen-bond donors (Lipinski definition) is 0. The van der Waals surface area contributed by atoms with E-state index in [-0.39, 0.29) is 0 Å². The first-order valence-electron chi connectivity index (χ1n) is 5.89. The second-order valence-electron chi connectivity index (χ2n) is 4.42. The van der Waals surface area contributed by atoms with Crippen LogP contribution in [0, 0.1) is 5.92 Å². The summed E-state index contributed by atoms with van der Waals surface area (Å²) in [5.41, 5.74) is 1.12. The minimum atomic E-state index is 0.491. The molecule has 0 spiro atoms. The van der Waals surface area contributed by atoms with Crippen LogP contribution in [0.5, 0.6) is 0 Å². The second-order valence-corrected chi connectivity index (χ2v) is 6.71. The van der Waals surface area contributed by atoms with Gasteiger partial charge in [-0.25, -0.2) is 4.98 Å². The van der Waals surface area contributed by atoms with E-state index in [2.05, 4.69) is 39.1 Å². The van der Waals surface area contributed by atoms with Crippen LogP contribution in [0.2, 0.25) is 0 Å². The van der Waals surface area contributed by atoms with Crippen molar-refractivity contribution in [3.63, 3.8) is 0 Å². The SMILES string of the molecule is BrC(Cc1nc2ccccc2s1)C1CCOC1. The molecule has 17 heavy (non-hydrogen) atoms. The first-order valence-corrected chi connectivity index (χ1v) is 7.62. The Labute approximate surface area is 113 Å². The zero-order chi connectivity index (χ0) is 11.7. The van der Waals surface area contributed by atoms with Crippen LogP contribution in [-0.4, -0.2) is 23.0 Å². The van der Waals surface area contributed by atoms with E-state index < -0.39 is 0 Å². The first kappa shape index (κ1) is 11.6. The number of aromatic nitrogens is 1. The maximum absolute atomic E-state index is 5.43. The van der Waals surface area contributed by atoms with Crippen molar-refractivity contribution in [1.29, 1.82) is 0 Å². The average Bonchev–Trinajstić information content (AvgIpc) is 2.97. The van der Waals surface area contributed by atoms with Crippen LogP contribution < -0.4 is 0 Å². The van der Waals surface area contributed by atoms with Crippen LogP contribution in [0.4, 0.5) is 0 Å². The molecule has 0 saturated carbocycles. The number of hydrogen-bond acceptors (Lipinski definition) is 3. The molecule has 1 aromatic carbocycles. The Balaban J connectivity index is 1.75. The summed E-state index contributed by atoms with van der Waals surface area (Å²) in [5.74, 6) is 0.641. The van der Waals surface area contributed by atoms with Gasteiger partial charge in [-0.1, -0.05) is 28.1 Å². The number of fused-ring (bicyclic) bond motifs is 1. The molecule has 4 heteroatoms. The van der Waals surface area contributed by atoms with Gasteiger partial charge in [0.15, 0.2) is 0 Å². The molecule has 90 valence electrons. The molecule has 2 atom stereocenters. The molecule has 1 aliphatic heterocycles. The van der Waals surface area contributed by atoms with Crippen molar-refractivity contribution in [3.8, 4) is 0 Å². The lowest BCUT2D eigenvalue weighted by molar-refractivity contribution is 0.185. The number of halogens is 1. The van der Waals surface area contributed by atoms with Crippen molar-refractivity contribution in [1.82, 2.24) is 4.98 Å². The molecule has 0 N–H and O–H groups in total. The van der Waals surface area contributed by atoms with E-state index in [0.717, 1.165) is 25.2 Å². The zero-order valence-corrected chi connectivity index (χ0v) is 11.8. The third kappa shape index (κ3) is 2.54. The lowest BCUT2D eigenvalue weighted by Gasteiger charge is -2.13.